The quantitative estimate of drug-likeness (QED) is 0.701. The first kappa shape index (κ1) is 10.9. The summed E-state index contributed by atoms with van der Waals surface area (Å²) in [4.78, 5) is 14.3. The zero-order valence-electron chi connectivity index (χ0n) is 9.45. The molecule has 0 saturated carbocycles. The Hall–Kier alpha value is -1.58. The summed E-state index contributed by atoms with van der Waals surface area (Å²) in [6.45, 7) is 0. The lowest BCUT2D eigenvalue weighted by atomic mass is 10.1. The van der Waals surface area contributed by atoms with Crippen LogP contribution in [0.25, 0.3) is 0 Å². The standard InChI is InChI=1S/C12H18N4/c1(3-5-11-7-13-9-15-11)2-4-6-12-8-14-10-16-12/h7-10H,1-6H2,(H,13,15)(H,14,16). The third-order valence-corrected chi connectivity index (χ3v) is 2.75. The van der Waals surface area contributed by atoms with Gasteiger partial charge in [-0.05, 0) is 25.7 Å². The first-order chi connectivity index (χ1) is 7.95. The first-order valence-electron chi connectivity index (χ1n) is 5.89. The van der Waals surface area contributed by atoms with E-state index in [4.69, 9.17) is 0 Å². The predicted molar refractivity (Wildman–Crippen MR) is 63.1 cm³/mol. The number of nitrogens with zero attached hydrogens (tertiary/aromatic N) is 2. The molecule has 2 N–H and O–H groups in total. The van der Waals surface area contributed by atoms with Crippen LogP contribution >= 0.6 is 0 Å². The van der Waals surface area contributed by atoms with Crippen molar-refractivity contribution in [3.8, 4) is 0 Å². The van der Waals surface area contributed by atoms with E-state index in [-0.39, 0.29) is 0 Å². The summed E-state index contributed by atoms with van der Waals surface area (Å²) in [5, 5.41) is 0. The van der Waals surface area contributed by atoms with E-state index in [2.05, 4.69) is 19.9 Å². The molecule has 0 bridgehead atoms. The maximum atomic E-state index is 4.00. The number of hydrogen-bond donors (Lipinski definition) is 2. The molecule has 0 fully saturated rings. The average molecular weight is 218 g/mol. The van der Waals surface area contributed by atoms with Gasteiger partial charge in [0.25, 0.3) is 0 Å². The molecular weight excluding hydrogens is 200 g/mol. The van der Waals surface area contributed by atoms with Crippen molar-refractivity contribution >= 4 is 0 Å². The minimum atomic E-state index is 1.12. The van der Waals surface area contributed by atoms with Gasteiger partial charge < -0.3 is 9.97 Å². The summed E-state index contributed by atoms with van der Waals surface area (Å²) >= 11 is 0. The Labute approximate surface area is 95.5 Å². The summed E-state index contributed by atoms with van der Waals surface area (Å²) in [5.74, 6) is 0. The highest BCUT2D eigenvalue weighted by atomic mass is 14.9. The summed E-state index contributed by atoms with van der Waals surface area (Å²) in [6.07, 6.45) is 14.6. The number of unbranched alkanes of at least 4 members (excludes halogenated alkanes) is 3. The van der Waals surface area contributed by atoms with Crippen LogP contribution in [0.5, 0.6) is 0 Å². The minimum Gasteiger partial charge on any atom is -0.348 e. The van der Waals surface area contributed by atoms with Crippen molar-refractivity contribution in [1.82, 2.24) is 19.9 Å². The zero-order valence-corrected chi connectivity index (χ0v) is 9.45. The topological polar surface area (TPSA) is 57.4 Å². The fourth-order valence-corrected chi connectivity index (χ4v) is 1.83. The van der Waals surface area contributed by atoms with E-state index in [0.29, 0.717) is 0 Å². The SMILES string of the molecule is c1ncc(CCCCCCc2cnc[nH]2)[nH]1. The molecule has 2 aromatic rings. The lowest BCUT2D eigenvalue weighted by molar-refractivity contribution is 0.633. The van der Waals surface area contributed by atoms with Crippen molar-refractivity contribution in [3.63, 3.8) is 0 Å². The number of imidazole rings is 2. The molecule has 16 heavy (non-hydrogen) atoms. The van der Waals surface area contributed by atoms with Crippen LogP contribution in [0, 0.1) is 0 Å². The zero-order chi connectivity index (χ0) is 11.1. The molecule has 0 atom stereocenters. The van der Waals surface area contributed by atoms with Crippen LogP contribution in [0.1, 0.15) is 37.1 Å². The molecule has 4 nitrogen and oxygen atoms in total. The normalized spacial score (nSPS) is 10.8. The number of aromatic amines is 2. The lowest BCUT2D eigenvalue weighted by Crippen LogP contribution is -1.88. The van der Waals surface area contributed by atoms with Crippen LogP contribution in [0.4, 0.5) is 0 Å². The molecule has 0 aromatic carbocycles. The Bertz CT molecular complexity index is 325. The Balaban J connectivity index is 1.49. The van der Waals surface area contributed by atoms with Crippen molar-refractivity contribution in [1.29, 1.82) is 0 Å². The molecule has 4 heteroatoms. The third-order valence-electron chi connectivity index (χ3n) is 2.75. The number of aromatic nitrogens is 4. The van der Waals surface area contributed by atoms with Gasteiger partial charge in [-0.15, -0.1) is 0 Å². The molecule has 0 radical (unpaired) electrons. The number of rotatable bonds is 7. The molecule has 0 amide bonds. The molecule has 0 aliphatic rings. The van der Waals surface area contributed by atoms with E-state index in [0.717, 1.165) is 12.8 Å². The molecule has 0 aliphatic carbocycles. The Morgan fingerprint density at radius 2 is 1.25 bits per heavy atom. The van der Waals surface area contributed by atoms with Crippen LogP contribution in [0.15, 0.2) is 25.0 Å². The second-order valence-corrected chi connectivity index (χ2v) is 4.07. The van der Waals surface area contributed by atoms with Crippen LogP contribution < -0.4 is 0 Å². The van der Waals surface area contributed by atoms with Crippen molar-refractivity contribution < 1.29 is 0 Å². The molecule has 2 heterocycles. The van der Waals surface area contributed by atoms with E-state index in [1.165, 1.54) is 37.1 Å². The second kappa shape index (κ2) is 6.10. The van der Waals surface area contributed by atoms with Crippen LogP contribution in [-0.4, -0.2) is 19.9 Å². The average Bonchev–Trinajstić information content (AvgIpc) is 2.96. The van der Waals surface area contributed by atoms with E-state index >= 15 is 0 Å². The monoisotopic (exact) mass is 218 g/mol. The molecule has 86 valence electrons. The maximum Gasteiger partial charge on any atom is 0.0921 e. The molecule has 2 rings (SSSR count). The molecule has 0 unspecified atom stereocenters. The van der Waals surface area contributed by atoms with Gasteiger partial charge in [0.1, 0.15) is 0 Å². The Kier molecular flexibility index (Phi) is 4.16. The van der Waals surface area contributed by atoms with E-state index in [9.17, 15) is 0 Å². The summed E-state index contributed by atoms with van der Waals surface area (Å²) in [6, 6.07) is 0. The molecule has 0 spiro atoms. The largest absolute Gasteiger partial charge is 0.348 e. The van der Waals surface area contributed by atoms with Gasteiger partial charge in [0, 0.05) is 23.8 Å². The smallest absolute Gasteiger partial charge is 0.0921 e. The number of aryl methyl sites for hydroxylation is 2. The Morgan fingerprint density at radius 3 is 1.62 bits per heavy atom. The van der Waals surface area contributed by atoms with Gasteiger partial charge in [-0.2, -0.15) is 0 Å². The number of hydrogen-bond acceptors (Lipinski definition) is 2. The van der Waals surface area contributed by atoms with Gasteiger partial charge in [-0.25, -0.2) is 9.97 Å². The van der Waals surface area contributed by atoms with Crippen molar-refractivity contribution in [2.45, 2.75) is 38.5 Å². The van der Waals surface area contributed by atoms with Gasteiger partial charge in [0.05, 0.1) is 12.7 Å². The molecule has 0 saturated heterocycles. The fourth-order valence-electron chi connectivity index (χ4n) is 1.83. The highest BCUT2D eigenvalue weighted by Gasteiger charge is 1.96. The molecular formula is C12H18N4. The summed E-state index contributed by atoms with van der Waals surface area (Å²) < 4.78 is 0. The van der Waals surface area contributed by atoms with Gasteiger partial charge in [0.2, 0.25) is 0 Å². The van der Waals surface area contributed by atoms with E-state index < -0.39 is 0 Å². The summed E-state index contributed by atoms with van der Waals surface area (Å²) in [7, 11) is 0. The van der Waals surface area contributed by atoms with Crippen molar-refractivity contribution in [2.24, 2.45) is 0 Å². The van der Waals surface area contributed by atoms with Crippen molar-refractivity contribution in [2.75, 3.05) is 0 Å². The predicted octanol–water partition coefficient (Wildman–Crippen LogP) is 2.48. The van der Waals surface area contributed by atoms with Crippen molar-refractivity contribution in [3.05, 3.63) is 36.4 Å². The third kappa shape index (κ3) is 3.53. The highest BCUT2D eigenvalue weighted by Crippen LogP contribution is 2.07. The molecule has 2 aromatic heterocycles. The van der Waals surface area contributed by atoms with E-state index in [1.54, 1.807) is 12.7 Å². The van der Waals surface area contributed by atoms with E-state index in [1.807, 2.05) is 12.4 Å². The van der Waals surface area contributed by atoms with Gasteiger partial charge in [-0.1, -0.05) is 12.8 Å². The minimum absolute atomic E-state index is 1.12. The maximum absolute atomic E-state index is 4.00. The van der Waals surface area contributed by atoms with Gasteiger partial charge >= 0.3 is 0 Å². The van der Waals surface area contributed by atoms with Gasteiger partial charge in [-0.3, -0.25) is 0 Å². The van der Waals surface area contributed by atoms with Crippen LogP contribution in [0.3, 0.4) is 0 Å². The Morgan fingerprint density at radius 1 is 0.750 bits per heavy atom. The number of H-pyrrole nitrogens is 2. The molecule has 0 aliphatic heterocycles. The highest BCUT2D eigenvalue weighted by molar-refractivity contribution is 4.94. The van der Waals surface area contributed by atoms with Gasteiger partial charge in [0.15, 0.2) is 0 Å². The van der Waals surface area contributed by atoms with Crippen LogP contribution in [0.2, 0.25) is 0 Å². The van der Waals surface area contributed by atoms with Crippen LogP contribution in [-0.2, 0) is 12.8 Å². The first-order valence-corrected chi connectivity index (χ1v) is 5.89. The second-order valence-electron chi connectivity index (χ2n) is 4.07. The number of nitrogens with one attached hydrogen (secondary N) is 2. The summed E-state index contributed by atoms with van der Waals surface area (Å²) in [5.41, 5.74) is 2.49. The fraction of sp³-hybridized carbons (Fsp3) is 0.500. The lowest BCUT2D eigenvalue weighted by Gasteiger charge is -1.99.